The predicted octanol–water partition coefficient (Wildman–Crippen LogP) is 2.39. The lowest BCUT2D eigenvalue weighted by Gasteiger charge is -2.21. The first kappa shape index (κ1) is 18.4. The van der Waals surface area contributed by atoms with Gasteiger partial charge in [-0.3, -0.25) is 9.55 Å². The summed E-state index contributed by atoms with van der Waals surface area (Å²) in [5.41, 5.74) is 2.75. The molecule has 3 aromatic rings. The summed E-state index contributed by atoms with van der Waals surface area (Å²) in [4.78, 5) is 35.7. The third-order valence-corrected chi connectivity index (χ3v) is 5.18. The fraction of sp³-hybridized carbons (Fsp3) is 0.400. The number of ether oxygens (including phenoxy) is 2. The molecular formula is C20H22N4O4. The summed E-state index contributed by atoms with van der Waals surface area (Å²) < 4.78 is 11.8. The highest BCUT2D eigenvalue weighted by atomic mass is 16.5. The van der Waals surface area contributed by atoms with Gasteiger partial charge in [0.2, 0.25) is 0 Å². The van der Waals surface area contributed by atoms with E-state index in [0.29, 0.717) is 35.0 Å². The zero-order chi connectivity index (χ0) is 19.5. The third-order valence-electron chi connectivity index (χ3n) is 5.18. The van der Waals surface area contributed by atoms with Crippen LogP contribution in [0.2, 0.25) is 0 Å². The molecule has 4 rings (SSSR count). The summed E-state index contributed by atoms with van der Waals surface area (Å²) in [6.45, 7) is 2.18. The monoisotopic (exact) mass is 382 g/mol. The lowest BCUT2D eigenvalue weighted by molar-refractivity contribution is 0.0600. The van der Waals surface area contributed by atoms with E-state index in [2.05, 4.69) is 15.0 Å². The molecule has 1 fully saturated rings. The minimum Gasteiger partial charge on any atom is -0.465 e. The molecule has 1 aliphatic heterocycles. The quantitative estimate of drug-likeness (QED) is 0.680. The van der Waals surface area contributed by atoms with Gasteiger partial charge in [0.1, 0.15) is 0 Å². The Kier molecular flexibility index (Phi) is 5.21. The van der Waals surface area contributed by atoms with Crippen molar-refractivity contribution in [2.45, 2.75) is 25.8 Å². The highest BCUT2D eigenvalue weighted by Gasteiger charge is 2.17. The van der Waals surface area contributed by atoms with E-state index < -0.39 is 0 Å². The number of aromatic nitrogens is 4. The first-order valence-electron chi connectivity index (χ1n) is 9.38. The minimum absolute atomic E-state index is 0.194. The molecule has 1 N–H and O–H groups in total. The standard InChI is InChI=1S/C20H22N4O4/c1-27-19(25)15-4-2-14(3-5-15)16-12-21-17-18(22-16)24(20(26)23-17)9-6-13-7-10-28-11-8-13/h2-5,12-13H,6-11H2,1H3,(H,21,23,26). The SMILES string of the molecule is COC(=O)c1ccc(-c2cnc3[nH]c(=O)n(CCC4CCOCC4)c3n2)cc1. The summed E-state index contributed by atoms with van der Waals surface area (Å²) >= 11 is 0. The number of nitrogens with one attached hydrogen (secondary N) is 1. The van der Waals surface area contributed by atoms with E-state index in [9.17, 15) is 9.59 Å². The summed E-state index contributed by atoms with van der Waals surface area (Å²) in [5, 5.41) is 0. The number of fused-ring (bicyclic) bond motifs is 1. The summed E-state index contributed by atoms with van der Waals surface area (Å²) in [5.74, 6) is 0.174. The summed E-state index contributed by atoms with van der Waals surface area (Å²) in [6.07, 6.45) is 4.59. The van der Waals surface area contributed by atoms with E-state index in [1.54, 1.807) is 35.0 Å². The van der Waals surface area contributed by atoms with Gasteiger partial charge in [-0.05, 0) is 37.3 Å². The number of carbonyl (C=O) groups is 1. The predicted molar refractivity (Wildman–Crippen MR) is 103 cm³/mol. The molecule has 0 spiro atoms. The van der Waals surface area contributed by atoms with Gasteiger partial charge in [-0.15, -0.1) is 0 Å². The van der Waals surface area contributed by atoms with Gasteiger partial charge in [-0.2, -0.15) is 0 Å². The van der Waals surface area contributed by atoms with Crippen molar-refractivity contribution in [1.29, 1.82) is 0 Å². The maximum atomic E-state index is 12.4. The van der Waals surface area contributed by atoms with E-state index in [-0.39, 0.29) is 11.7 Å². The van der Waals surface area contributed by atoms with Crippen molar-refractivity contribution < 1.29 is 14.3 Å². The highest BCUT2D eigenvalue weighted by molar-refractivity contribution is 5.89. The van der Waals surface area contributed by atoms with Gasteiger partial charge in [0.25, 0.3) is 0 Å². The molecule has 146 valence electrons. The molecule has 1 aliphatic rings. The fourth-order valence-corrected chi connectivity index (χ4v) is 3.51. The second-order valence-corrected chi connectivity index (χ2v) is 6.92. The van der Waals surface area contributed by atoms with E-state index >= 15 is 0 Å². The number of H-pyrrole nitrogens is 1. The number of benzene rings is 1. The fourth-order valence-electron chi connectivity index (χ4n) is 3.51. The van der Waals surface area contributed by atoms with Crippen LogP contribution >= 0.6 is 0 Å². The molecule has 1 aromatic carbocycles. The van der Waals surface area contributed by atoms with Crippen LogP contribution in [0.3, 0.4) is 0 Å². The van der Waals surface area contributed by atoms with Crippen molar-refractivity contribution >= 4 is 17.3 Å². The van der Waals surface area contributed by atoms with Crippen molar-refractivity contribution in [3.8, 4) is 11.3 Å². The molecule has 0 atom stereocenters. The lowest BCUT2D eigenvalue weighted by Crippen LogP contribution is -2.22. The van der Waals surface area contributed by atoms with Crippen LogP contribution in [-0.2, 0) is 16.0 Å². The number of esters is 1. The largest absolute Gasteiger partial charge is 0.465 e. The van der Waals surface area contributed by atoms with Gasteiger partial charge in [0.15, 0.2) is 11.3 Å². The van der Waals surface area contributed by atoms with Crippen molar-refractivity contribution in [2.24, 2.45) is 5.92 Å². The van der Waals surface area contributed by atoms with Crippen LogP contribution in [-0.4, -0.2) is 45.8 Å². The highest BCUT2D eigenvalue weighted by Crippen LogP contribution is 2.21. The number of rotatable bonds is 5. The zero-order valence-corrected chi connectivity index (χ0v) is 15.7. The Bertz CT molecular complexity index is 1030. The Morgan fingerprint density at radius 2 is 2.04 bits per heavy atom. The van der Waals surface area contributed by atoms with Gasteiger partial charge < -0.3 is 9.47 Å². The minimum atomic E-state index is -0.388. The number of aryl methyl sites for hydroxylation is 1. The van der Waals surface area contributed by atoms with Gasteiger partial charge in [-0.1, -0.05) is 12.1 Å². The lowest BCUT2D eigenvalue weighted by atomic mass is 9.97. The number of nitrogens with zero attached hydrogens (tertiary/aromatic N) is 3. The Labute approximate surface area is 161 Å². The molecule has 0 amide bonds. The van der Waals surface area contributed by atoms with Gasteiger partial charge in [-0.25, -0.2) is 19.6 Å². The van der Waals surface area contributed by atoms with Gasteiger partial charge in [0.05, 0.1) is 24.6 Å². The first-order valence-corrected chi connectivity index (χ1v) is 9.38. The maximum absolute atomic E-state index is 12.4. The smallest absolute Gasteiger partial charge is 0.337 e. The molecule has 8 heteroatoms. The van der Waals surface area contributed by atoms with E-state index in [4.69, 9.17) is 9.47 Å². The maximum Gasteiger partial charge on any atom is 0.337 e. The number of hydrogen-bond donors (Lipinski definition) is 1. The Hall–Kier alpha value is -3.00. The van der Waals surface area contributed by atoms with E-state index in [1.165, 1.54) is 7.11 Å². The number of methoxy groups -OCH3 is 1. The molecule has 2 aromatic heterocycles. The van der Waals surface area contributed by atoms with Crippen molar-refractivity contribution in [2.75, 3.05) is 20.3 Å². The van der Waals surface area contributed by atoms with Crippen molar-refractivity contribution in [3.63, 3.8) is 0 Å². The van der Waals surface area contributed by atoms with Crippen LogP contribution in [0, 0.1) is 5.92 Å². The van der Waals surface area contributed by atoms with Crippen LogP contribution in [0.4, 0.5) is 0 Å². The normalized spacial score (nSPS) is 15.0. The topological polar surface area (TPSA) is 99.1 Å². The van der Waals surface area contributed by atoms with Crippen LogP contribution in [0.5, 0.6) is 0 Å². The molecule has 0 unspecified atom stereocenters. The number of aromatic amines is 1. The second kappa shape index (κ2) is 7.93. The van der Waals surface area contributed by atoms with Crippen molar-refractivity contribution in [1.82, 2.24) is 19.5 Å². The third kappa shape index (κ3) is 3.68. The number of hydrogen-bond acceptors (Lipinski definition) is 6. The number of imidazole rings is 1. The second-order valence-electron chi connectivity index (χ2n) is 6.92. The molecule has 1 saturated heterocycles. The van der Waals surface area contributed by atoms with E-state index in [1.807, 2.05) is 0 Å². The average Bonchev–Trinajstić information content (AvgIpc) is 3.06. The Morgan fingerprint density at radius 1 is 1.29 bits per heavy atom. The zero-order valence-electron chi connectivity index (χ0n) is 15.7. The summed E-state index contributed by atoms with van der Waals surface area (Å²) in [7, 11) is 1.35. The van der Waals surface area contributed by atoms with Gasteiger partial charge in [0, 0.05) is 25.3 Å². The molecule has 0 radical (unpaired) electrons. The molecular weight excluding hydrogens is 360 g/mol. The molecule has 0 aliphatic carbocycles. The van der Waals surface area contributed by atoms with Crippen LogP contribution in [0.1, 0.15) is 29.6 Å². The first-order chi connectivity index (χ1) is 13.7. The molecule has 8 nitrogen and oxygen atoms in total. The molecule has 0 bridgehead atoms. The van der Waals surface area contributed by atoms with Crippen LogP contribution in [0.25, 0.3) is 22.6 Å². The number of carbonyl (C=O) groups excluding carboxylic acids is 1. The summed E-state index contributed by atoms with van der Waals surface area (Å²) in [6, 6.07) is 6.95. The van der Waals surface area contributed by atoms with Crippen molar-refractivity contribution in [3.05, 3.63) is 46.5 Å². The van der Waals surface area contributed by atoms with Gasteiger partial charge >= 0.3 is 11.7 Å². The molecule has 3 heterocycles. The van der Waals surface area contributed by atoms with E-state index in [0.717, 1.165) is 38.0 Å². The molecule has 28 heavy (non-hydrogen) atoms. The Balaban J connectivity index is 1.60. The Morgan fingerprint density at radius 3 is 2.75 bits per heavy atom. The average molecular weight is 382 g/mol. The van der Waals surface area contributed by atoms with Crippen LogP contribution < -0.4 is 5.69 Å². The van der Waals surface area contributed by atoms with Crippen LogP contribution in [0.15, 0.2) is 35.3 Å². The molecule has 0 saturated carbocycles.